The number of methoxy groups -OCH3 is 1. The van der Waals surface area contributed by atoms with Crippen LogP contribution in [0.1, 0.15) is 16.1 Å². The van der Waals surface area contributed by atoms with E-state index >= 15 is 0 Å². The minimum Gasteiger partial charge on any atom is -0.383 e. The second-order valence-electron chi connectivity index (χ2n) is 4.62. The van der Waals surface area contributed by atoms with Gasteiger partial charge >= 0.3 is 0 Å². The van der Waals surface area contributed by atoms with Gasteiger partial charge in [0.05, 0.1) is 19.0 Å². The van der Waals surface area contributed by atoms with Crippen LogP contribution in [0.25, 0.3) is 0 Å². The third-order valence-corrected chi connectivity index (χ3v) is 3.78. The Balaban J connectivity index is 1.98. The van der Waals surface area contributed by atoms with Crippen LogP contribution in [0.3, 0.4) is 0 Å². The maximum Gasteiger partial charge on any atom is 0.275 e. The number of nitrogens with one attached hydrogen (secondary N) is 2. The van der Waals surface area contributed by atoms with Crippen LogP contribution in [0.5, 0.6) is 0 Å². The number of hydrogen-bond donors (Lipinski definition) is 2. The maximum absolute atomic E-state index is 12.1. The van der Waals surface area contributed by atoms with Crippen molar-refractivity contribution < 1.29 is 9.53 Å². The molecule has 7 heteroatoms. The van der Waals surface area contributed by atoms with E-state index in [-0.39, 0.29) is 11.6 Å². The van der Waals surface area contributed by atoms with Crippen molar-refractivity contribution in [3.05, 3.63) is 46.3 Å². The lowest BCUT2D eigenvalue weighted by molar-refractivity contribution is 0.102. The summed E-state index contributed by atoms with van der Waals surface area (Å²) in [7, 11) is 1.63. The Kier molecular flexibility index (Phi) is 5.85. The molecule has 0 saturated heterocycles. The highest BCUT2D eigenvalue weighted by Crippen LogP contribution is 2.20. The van der Waals surface area contributed by atoms with Crippen molar-refractivity contribution in [2.75, 3.05) is 30.9 Å². The molecule has 0 bridgehead atoms. The van der Waals surface area contributed by atoms with Gasteiger partial charge in [0.25, 0.3) is 5.91 Å². The van der Waals surface area contributed by atoms with E-state index in [1.165, 1.54) is 12.4 Å². The number of anilines is 2. The molecule has 1 heterocycles. The summed E-state index contributed by atoms with van der Waals surface area (Å²) in [4.78, 5) is 20.4. The molecule has 1 aromatic heterocycles. The van der Waals surface area contributed by atoms with Crippen LogP contribution in [0.4, 0.5) is 11.5 Å². The quantitative estimate of drug-likeness (QED) is 0.770. The van der Waals surface area contributed by atoms with E-state index in [9.17, 15) is 4.79 Å². The second kappa shape index (κ2) is 7.86. The molecule has 0 aliphatic rings. The molecule has 22 heavy (non-hydrogen) atoms. The normalized spacial score (nSPS) is 10.3. The highest BCUT2D eigenvalue weighted by atomic mass is 79.9. The minimum absolute atomic E-state index is 0.258. The molecule has 1 amide bonds. The average Bonchev–Trinajstić information content (AvgIpc) is 2.52. The monoisotopic (exact) mass is 364 g/mol. The molecule has 1 aromatic carbocycles. The Morgan fingerprint density at radius 3 is 2.77 bits per heavy atom. The van der Waals surface area contributed by atoms with E-state index in [4.69, 9.17) is 4.74 Å². The van der Waals surface area contributed by atoms with E-state index in [2.05, 4.69) is 36.5 Å². The van der Waals surface area contributed by atoms with Gasteiger partial charge in [-0.3, -0.25) is 4.79 Å². The number of nitrogens with zero attached hydrogens (tertiary/aromatic N) is 2. The number of carbonyl (C=O) groups is 1. The Labute approximate surface area is 137 Å². The summed E-state index contributed by atoms with van der Waals surface area (Å²) in [5.41, 5.74) is 2.06. The number of hydrogen-bond acceptors (Lipinski definition) is 5. The summed E-state index contributed by atoms with van der Waals surface area (Å²) >= 11 is 3.43. The van der Waals surface area contributed by atoms with Crippen LogP contribution >= 0.6 is 15.9 Å². The van der Waals surface area contributed by atoms with E-state index in [0.717, 1.165) is 10.0 Å². The van der Waals surface area contributed by atoms with Crippen LogP contribution in [-0.2, 0) is 4.74 Å². The molecule has 0 atom stereocenters. The van der Waals surface area contributed by atoms with Gasteiger partial charge in [0.2, 0.25) is 0 Å². The molecule has 116 valence electrons. The molecule has 0 radical (unpaired) electrons. The maximum atomic E-state index is 12.1. The molecular formula is C15H17BrN4O2. The number of ether oxygens (including phenoxy) is 1. The number of carbonyl (C=O) groups excluding carboxylic acids is 1. The molecule has 0 aliphatic carbocycles. The molecule has 0 spiro atoms. The second-order valence-corrected chi connectivity index (χ2v) is 5.48. The van der Waals surface area contributed by atoms with E-state index in [0.29, 0.717) is 24.7 Å². The lowest BCUT2D eigenvalue weighted by atomic mass is 10.2. The fourth-order valence-corrected chi connectivity index (χ4v) is 2.06. The van der Waals surface area contributed by atoms with E-state index < -0.39 is 0 Å². The van der Waals surface area contributed by atoms with Crippen molar-refractivity contribution in [1.29, 1.82) is 0 Å². The Hall–Kier alpha value is -1.99. The topological polar surface area (TPSA) is 76.1 Å². The minimum atomic E-state index is -0.299. The van der Waals surface area contributed by atoms with Gasteiger partial charge < -0.3 is 15.4 Å². The molecule has 2 N–H and O–H groups in total. The van der Waals surface area contributed by atoms with Crippen molar-refractivity contribution in [3.63, 3.8) is 0 Å². The van der Waals surface area contributed by atoms with Crippen LogP contribution in [0, 0.1) is 6.92 Å². The summed E-state index contributed by atoms with van der Waals surface area (Å²) in [6.45, 7) is 3.19. The van der Waals surface area contributed by atoms with Crippen LogP contribution < -0.4 is 10.6 Å². The average molecular weight is 365 g/mol. The van der Waals surface area contributed by atoms with Gasteiger partial charge in [-0.2, -0.15) is 0 Å². The van der Waals surface area contributed by atoms with Crippen molar-refractivity contribution in [2.24, 2.45) is 0 Å². The lowest BCUT2D eigenvalue weighted by Gasteiger charge is -2.07. The smallest absolute Gasteiger partial charge is 0.275 e. The van der Waals surface area contributed by atoms with Crippen molar-refractivity contribution >= 4 is 33.3 Å². The summed E-state index contributed by atoms with van der Waals surface area (Å²) < 4.78 is 5.87. The van der Waals surface area contributed by atoms with Crippen molar-refractivity contribution in [2.45, 2.75) is 6.92 Å². The Bertz CT molecular complexity index is 646. The highest BCUT2D eigenvalue weighted by molar-refractivity contribution is 9.10. The van der Waals surface area contributed by atoms with Gasteiger partial charge in [-0.1, -0.05) is 22.0 Å². The van der Waals surface area contributed by atoms with Crippen molar-refractivity contribution in [3.8, 4) is 0 Å². The number of amides is 1. The van der Waals surface area contributed by atoms with E-state index in [1.807, 2.05) is 25.1 Å². The molecule has 2 aromatic rings. The number of aryl methyl sites for hydroxylation is 1. The van der Waals surface area contributed by atoms with Gasteiger partial charge in [0.1, 0.15) is 11.5 Å². The SMILES string of the molecule is COCCNc1cnc(C(=O)Nc2ccc(C)c(Br)c2)cn1. The first-order valence-corrected chi connectivity index (χ1v) is 7.52. The van der Waals surface area contributed by atoms with Gasteiger partial charge in [0.15, 0.2) is 0 Å². The zero-order valence-corrected chi connectivity index (χ0v) is 14.0. The van der Waals surface area contributed by atoms with Crippen molar-refractivity contribution in [1.82, 2.24) is 9.97 Å². The van der Waals surface area contributed by atoms with Crippen LogP contribution in [-0.4, -0.2) is 36.1 Å². The number of halogens is 1. The molecule has 2 rings (SSSR count). The summed E-state index contributed by atoms with van der Waals surface area (Å²) in [6, 6.07) is 5.61. The number of benzene rings is 1. The summed E-state index contributed by atoms with van der Waals surface area (Å²) in [5.74, 6) is 0.304. The third kappa shape index (κ3) is 4.51. The summed E-state index contributed by atoms with van der Waals surface area (Å²) in [5, 5.41) is 5.82. The molecule has 0 fully saturated rings. The fraction of sp³-hybridized carbons (Fsp3) is 0.267. The van der Waals surface area contributed by atoms with Gasteiger partial charge in [0, 0.05) is 23.8 Å². The first-order chi connectivity index (χ1) is 10.6. The molecule has 6 nitrogen and oxygen atoms in total. The standard InChI is InChI=1S/C15H17BrN4O2/c1-10-3-4-11(7-12(10)16)20-15(21)13-8-19-14(9-18-13)17-5-6-22-2/h3-4,7-9H,5-6H2,1-2H3,(H,17,19)(H,20,21). The molecule has 0 saturated carbocycles. The first kappa shape index (κ1) is 16.4. The molecule has 0 aliphatic heterocycles. The van der Waals surface area contributed by atoms with Crippen LogP contribution in [0.2, 0.25) is 0 Å². The predicted octanol–water partition coefficient (Wildman–Crippen LogP) is 2.86. The number of rotatable bonds is 6. The predicted molar refractivity (Wildman–Crippen MR) is 89.2 cm³/mol. The third-order valence-electron chi connectivity index (χ3n) is 2.93. The molecule has 0 unspecified atom stereocenters. The first-order valence-electron chi connectivity index (χ1n) is 6.72. The highest BCUT2D eigenvalue weighted by Gasteiger charge is 2.09. The van der Waals surface area contributed by atoms with Gasteiger partial charge in [-0.25, -0.2) is 9.97 Å². The molecular weight excluding hydrogens is 348 g/mol. The summed E-state index contributed by atoms with van der Waals surface area (Å²) in [6.07, 6.45) is 2.96. The fourth-order valence-electron chi connectivity index (χ4n) is 1.68. The van der Waals surface area contributed by atoms with Gasteiger partial charge in [-0.15, -0.1) is 0 Å². The largest absolute Gasteiger partial charge is 0.383 e. The Morgan fingerprint density at radius 2 is 2.14 bits per heavy atom. The van der Waals surface area contributed by atoms with E-state index in [1.54, 1.807) is 7.11 Å². The van der Waals surface area contributed by atoms with Gasteiger partial charge in [-0.05, 0) is 24.6 Å². The zero-order valence-electron chi connectivity index (χ0n) is 12.4. The van der Waals surface area contributed by atoms with Crippen LogP contribution in [0.15, 0.2) is 35.1 Å². The number of aromatic nitrogens is 2. The lowest BCUT2D eigenvalue weighted by Crippen LogP contribution is -2.15. The Morgan fingerprint density at radius 1 is 1.32 bits per heavy atom. The zero-order chi connectivity index (χ0) is 15.9.